The van der Waals surface area contributed by atoms with Crippen LogP contribution in [0.1, 0.15) is 29.2 Å². The summed E-state index contributed by atoms with van der Waals surface area (Å²) in [5.41, 5.74) is 2.11. The molecule has 0 fully saturated rings. The summed E-state index contributed by atoms with van der Waals surface area (Å²) >= 11 is 3.03. The predicted molar refractivity (Wildman–Crippen MR) is 79.8 cm³/mol. The normalized spacial score (nSPS) is 12.9. The molecule has 0 bridgehead atoms. The van der Waals surface area contributed by atoms with Gasteiger partial charge in [0.2, 0.25) is 0 Å². The summed E-state index contributed by atoms with van der Waals surface area (Å²) in [5.74, 6) is 0. The van der Waals surface area contributed by atoms with E-state index >= 15 is 0 Å². The molecule has 0 amide bonds. The minimum absolute atomic E-state index is 0.507. The minimum atomic E-state index is -0.507. The lowest BCUT2D eigenvalue weighted by Crippen LogP contribution is -2.02. The fourth-order valence-electron chi connectivity index (χ4n) is 2.21. The number of aryl methyl sites for hydroxylation is 1. The van der Waals surface area contributed by atoms with Crippen LogP contribution in [0.5, 0.6) is 0 Å². The molecular weight excluding hydrogens is 276 g/mol. The molecule has 3 aromatic rings. The van der Waals surface area contributed by atoms with E-state index in [0.29, 0.717) is 6.42 Å². The Balaban J connectivity index is 1.89. The number of aliphatic hydroxyl groups excluding tert-OH is 1. The number of hydrogen-bond acceptors (Lipinski definition) is 5. The monoisotopic (exact) mass is 290 g/mol. The molecular formula is C14H14N2OS2. The molecule has 3 rings (SSSR count). The number of aromatic nitrogens is 2. The fraction of sp³-hybridized carbons (Fsp3) is 0.286. The maximum Gasteiger partial charge on any atom is 0.0957 e. The Morgan fingerprint density at radius 2 is 2.16 bits per heavy atom. The molecule has 0 aliphatic carbocycles. The second kappa shape index (κ2) is 5.36. The summed E-state index contributed by atoms with van der Waals surface area (Å²) < 4.78 is 5.21. The molecule has 0 saturated heterocycles. The molecule has 1 N–H and O–H groups in total. The average Bonchev–Trinajstić information content (AvgIpc) is 3.05. The van der Waals surface area contributed by atoms with Crippen molar-refractivity contribution in [3.8, 4) is 0 Å². The van der Waals surface area contributed by atoms with Gasteiger partial charge < -0.3 is 5.11 Å². The lowest BCUT2D eigenvalue weighted by Gasteiger charge is -2.08. The van der Waals surface area contributed by atoms with E-state index in [2.05, 4.69) is 27.1 Å². The molecule has 1 atom stereocenters. The van der Waals surface area contributed by atoms with E-state index in [0.717, 1.165) is 17.0 Å². The van der Waals surface area contributed by atoms with Crippen LogP contribution in [0.4, 0.5) is 0 Å². The molecule has 3 nitrogen and oxygen atoms in total. The van der Waals surface area contributed by atoms with Crippen molar-refractivity contribution in [3.05, 3.63) is 45.8 Å². The van der Waals surface area contributed by atoms with Gasteiger partial charge in [0.05, 0.1) is 16.7 Å². The van der Waals surface area contributed by atoms with Crippen molar-refractivity contribution < 1.29 is 5.11 Å². The van der Waals surface area contributed by atoms with E-state index in [9.17, 15) is 5.11 Å². The zero-order valence-corrected chi connectivity index (χ0v) is 12.2. The first-order chi connectivity index (χ1) is 9.29. The maximum absolute atomic E-state index is 10.4. The van der Waals surface area contributed by atoms with Crippen molar-refractivity contribution in [2.24, 2.45) is 0 Å². The number of benzene rings is 1. The number of fused-ring (bicyclic) bond motifs is 1. The van der Waals surface area contributed by atoms with Crippen LogP contribution in [0.25, 0.3) is 10.1 Å². The summed E-state index contributed by atoms with van der Waals surface area (Å²) in [6.07, 6.45) is 0.932. The van der Waals surface area contributed by atoms with Crippen molar-refractivity contribution in [2.45, 2.75) is 25.9 Å². The van der Waals surface area contributed by atoms with Crippen molar-refractivity contribution in [3.63, 3.8) is 0 Å². The molecule has 0 spiro atoms. The van der Waals surface area contributed by atoms with E-state index in [1.54, 1.807) is 11.3 Å². The van der Waals surface area contributed by atoms with Gasteiger partial charge in [0.1, 0.15) is 0 Å². The standard InChI is InChI=1S/C14H14N2OS2/c1-2-11-14(19-16-15-11)12(17)7-9-8-18-13-6-4-3-5-10(9)13/h3-6,8,12,17H,2,7H2,1H3. The first-order valence-electron chi connectivity index (χ1n) is 6.24. The van der Waals surface area contributed by atoms with Crippen molar-refractivity contribution >= 4 is 33.0 Å². The van der Waals surface area contributed by atoms with Gasteiger partial charge in [-0.05, 0) is 40.3 Å². The lowest BCUT2D eigenvalue weighted by molar-refractivity contribution is 0.181. The van der Waals surface area contributed by atoms with Crippen LogP contribution >= 0.6 is 22.9 Å². The Bertz CT molecular complexity index is 689. The van der Waals surface area contributed by atoms with Gasteiger partial charge >= 0.3 is 0 Å². The highest BCUT2D eigenvalue weighted by Crippen LogP contribution is 2.31. The van der Waals surface area contributed by atoms with Crippen LogP contribution in [-0.4, -0.2) is 14.7 Å². The van der Waals surface area contributed by atoms with Gasteiger partial charge in [-0.25, -0.2) is 0 Å². The van der Waals surface area contributed by atoms with Crippen molar-refractivity contribution in [1.82, 2.24) is 9.59 Å². The fourth-order valence-corrected chi connectivity index (χ4v) is 3.90. The summed E-state index contributed by atoms with van der Waals surface area (Å²) in [4.78, 5) is 0.901. The van der Waals surface area contributed by atoms with E-state index in [1.165, 1.54) is 27.2 Å². The van der Waals surface area contributed by atoms with Crippen LogP contribution in [0.3, 0.4) is 0 Å². The Morgan fingerprint density at radius 3 is 3.00 bits per heavy atom. The Kier molecular flexibility index (Phi) is 3.59. The van der Waals surface area contributed by atoms with Gasteiger partial charge in [0, 0.05) is 11.1 Å². The largest absolute Gasteiger partial charge is 0.387 e. The zero-order valence-electron chi connectivity index (χ0n) is 10.5. The highest BCUT2D eigenvalue weighted by Gasteiger charge is 2.17. The minimum Gasteiger partial charge on any atom is -0.387 e. The Hall–Kier alpha value is -1.30. The highest BCUT2D eigenvalue weighted by molar-refractivity contribution is 7.17. The molecule has 0 saturated carbocycles. The molecule has 5 heteroatoms. The van der Waals surface area contributed by atoms with Gasteiger partial charge in [0.25, 0.3) is 0 Å². The predicted octanol–water partition coefficient (Wildman–Crippen LogP) is 3.59. The maximum atomic E-state index is 10.4. The van der Waals surface area contributed by atoms with Gasteiger partial charge in [-0.15, -0.1) is 16.4 Å². The first-order valence-corrected chi connectivity index (χ1v) is 7.89. The molecule has 2 aromatic heterocycles. The van der Waals surface area contributed by atoms with E-state index in [4.69, 9.17) is 0 Å². The quantitative estimate of drug-likeness (QED) is 0.798. The summed E-state index contributed by atoms with van der Waals surface area (Å²) in [6.45, 7) is 2.03. The molecule has 98 valence electrons. The molecule has 19 heavy (non-hydrogen) atoms. The van der Waals surface area contributed by atoms with Crippen LogP contribution in [0, 0.1) is 0 Å². The third-order valence-corrected chi connectivity index (χ3v) is 5.08. The first kappa shape index (κ1) is 12.7. The van der Waals surface area contributed by atoms with Crippen LogP contribution in [0.2, 0.25) is 0 Å². The lowest BCUT2D eigenvalue weighted by atomic mass is 10.0. The molecule has 0 radical (unpaired) electrons. The number of hydrogen-bond donors (Lipinski definition) is 1. The van der Waals surface area contributed by atoms with Crippen LogP contribution < -0.4 is 0 Å². The Morgan fingerprint density at radius 1 is 1.32 bits per heavy atom. The third-order valence-electron chi connectivity index (χ3n) is 3.20. The van der Waals surface area contributed by atoms with Gasteiger partial charge in [-0.1, -0.05) is 29.6 Å². The summed E-state index contributed by atoms with van der Waals surface area (Å²) in [6, 6.07) is 8.30. The molecule has 1 aromatic carbocycles. The zero-order chi connectivity index (χ0) is 13.2. The molecule has 0 aliphatic heterocycles. The SMILES string of the molecule is CCc1nnsc1C(O)Cc1csc2ccccc12. The molecule has 1 unspecified atom stereocenters. The van der Waals surface area contributed by atoms with Gasteiger partial charge in [-0.2, -0.15) is 0 Å². The van der Waals surface area contributed by atoms with Crippen LogP contribution in [0.15, 0.2) is 29.6 Å². The Labute approximate surface area is 119 Å². The second-order valence-electron chi connectivity index (χ2n) is 4.41. The number of thiophene rings is 1. The summed E-state index contributed by atoms with van der Waals surface area (Å²) in [5, 5.41) is 17.8. The van der Waals surface area contributed by atoms with E-state index in [-0.39, 0.29) is 0 Å². The topological polar surface area (TPSA) is 46.0 Å². The van der Waals surface area contributed by atoms with Crippen LogP contribution in [-0.2, 0) is 12.8 Å². The summed E-state index contributed by atoms with van der Waals surface area (Å²) in [7, 11) is 0. The van der Waals surface area contributed by atoms with Gasteiger partial charge in [0.15, 0.2) is 0 Å². The third kappa shape index (κ3) is 2.41. The smallest absolute Gasteiger partial charge is 0.0957 e. The highest BCUT2D eigenvalue weighted by atomic mass is 32.1. The van der Waals surface area contributed by atoms with E-state index in [1.807, 2.05) is 19.1 Å². The molecule has 2 heterocycles. The average molecular weight is 290 g/mol. The second-order valence-corrected chi connectivity index (χ2v) is 6.11. The number of nitrogens with zero attached hydrogens (tertiary/aromatic N) is 2. The van der Waals surface area contributed by atoms with E-state index < -0.39 is 6.10 Å². The number of aliphatic hydroxyl groups is 1. The van der Waals surface area contributed by atoms with Crippen molar-refractivity contribution in [2.75, 3.05) is 0 Å². The van der Waals surface area contributed by atoms with Gasteiger partial charge in [-0.3, -0.25) is 0 Å². The number of rotatable bonds is 4. The molecule has 0 aliphatic rings. The van der Waals surface area contributed by atoms with Crippen molar-refractivity contribution in [1.29, 1.82) is 0 Å².